The molecule has 1 heterocycles. The molecule has 2 rings (SSSR count). The standard InChI is InChI=1S/C13H17N3O/c1-10(13-7-8-14-16(13)2)15-12-5-3-11(9-17)4-6-12/h3-8,10,15,17H,9H2,1-2H3. The van der Waals surface area contributed by atoms with Crippen LogP contribution in [0.4, 0.5) is 5.69 Å². The molecule has 0 radical (unpaired) electrons. The molecule has 0 aliphatic carbocycles. The van der Waals surface area contributed by atoms with Crippen LogP contribution in [0.15, 0.2) is 36.5 Å². The molecule has 0 aliphatic heterocycles. The summed E-state index contributed by atoms with van der Waals surface area (Å²) in [4.78, 5) is 0. The van der Waals surface area contributed by atoms with Gasteiger partial charge in [0.1, 0.15) is 0 Å². The molecule has 0 amide bonds. The van der Waals surface area contributed by atoms with Crippen LogP contribution in [0.25, 0.3) is 0 Å². The topological polar surface area (TPSA) is 50.1 Å². The van der Waals surface area contributed by atoms with Gasteiger partial charge < -0.3 is 10.4 Å². The summed E-state index contributed by atoms with van der Waals surface area (Å²) in [5, 5.41) is 16.5. The lowest BCUT2D eigenvalue weighted by molar-refractivity contribution is 0.282. The van der Waals surface area contributed by atoms with Crippen LogP contribution in [0, 0.1) is 0 Å². The van der Waals surface area contributed by atoms with Crippen molar-refractivity contribution in [3.05, 3.63) is 47.8 Å². The van der Waals surface area contributed by atoms with Gasteiger partial charge in [-0.3, -0.25) is 4.68 Å². The quantitative estimate of drug-likeness (QED) is 0.847. The lowest BCUT2D eigenvalue weighted by atomic mass is 10.2. The average Bonchev–Trinajstić information content (AvgIpc) is 2.76. The summed E-state index contributed by atoms with van der Waals surface area (Å²) in [6.45, 7) is 2.18. The van der Waals surface area contributed by atoms with Crippen LogP contribution in [0.3, 0.4) is 0 Å². The van der Waals surface area contributed by atoms with Crippen LogP contribution in [-0.4, -0.2) is 14.9 Å². The highest BCUT2D eigenvalue weighted by Gasteiger charge is 2.08. The van der Waals surface area contributed by atoms with Gasteiger partial charge in [-0.2, -0.15) is 5.10 Å². The predicted octanol–water partition coefficient (Wildman–Crippen LogP) is 2.09. The number of benzene rings is 1. The van der Waals surface area contributed by atoms with Gasteiger partial charge in [-0.05, 0) is 30.7 Å². The Morgan fingerprint density at radius 2 is 2.00 bits per heavy atom. The SMILES string of the molecule is CC(Nc1ccc(CO)cc1)c1ccnn1C. The van der Waals surface area contributed by atoms with Crippen LogP contribution in [0.2, 0.25) is 0 Å². The third-order valence-electron chi connectivity index (χ3n) is 2.82. The van der Waals surface area contributed by atoms with Crippen molar-refractivity contribution in [1.82, 2.24) is 9.78 Å². The maximum Gasteiger partial charge on any atom is 0.0681 e. The maximum atomic E-state index is 8.96. The van der Waals surface area contributed by atoms with Crippen molar-refractivity contribution in [2.24, 2.45) is 7.05 Å². The summed E-state index contributed by atoms with van der Waals surface area (Å²) < 4.78 is 1.86. The highest BCUT2D eigenvalue weighted by Crippen LogP contribution is 2.18. The van der Waals surface area contributed by atoms with Crippen molar-refractivity contribution >= 4 is 5.69 Å². The molecule has 2 aromatic rings. The van der Waals surface area contributed by atoms with Gasteiger partial charge in [-0.25, -0.2) is 0 Å². The van der Waals surface area contributed by atoms with E-state index in [0.29, 0.717) is 0 Å². The van der Waals surface area contributed by atoms with E-state index in [4.69, 9.17) is 5.11 Å². The summed E-state index contributed by atoms with van der Waals surface area (Å²) in [6.07, 6.45) is 1.79. The van der Waals surface area contributed by atoms with E-state index in [2.05, 4.69) is 17.3 Å². The van der Waals surface area contributed by atoms with Crippen molar-refractivity contribution in [3.63, 3.8) is 0 Å². The van der Waals surface area contributed by atoms with Crippen molar-refractivity contribution < 1.29 is 5.11 Å². The molecule has 1 aromatic carbocycles. The second-order valence-corrected chi connectivity index (χ2v) is 4.10. The molecule has 2 N–H and O–H groups in total. The normalized spacial score (nSPS) is 12.4. The zero-order valence-electron chi connectivity index (χ0n) is 10.1. The Bertz CT molecular complexity index is 476. The number of aryl methyl sites for hydroxylation is 1. The lowest BCUT2D eigenvalue weighted by Gasteiger charge is -2.15. The van der Waals surface area contributed by atoms with Crippen molar-refractivity contribution in [1.29, 1.82) is 0 Å². The molecule has 1 unspecified atom stereocenters. The highest BCUT2D eigenvalue weighted by atomic mass is 16.3. The molecule has 4 nitrogen and oxygen atoms in total. The van der Waals surface area contributed by atoms with E-state index >= 15 is 0 Å². The van der Waals surface area contributed by atoms with E-state index in [1.165, 1.54) is 0 Å². The van der Waals surface area contributed by atoms with Gasteiger partial charge >= 0.3 is 0 Å². The Balaban J connectivity index is 2.07. The molecule has 0 fully saturated rings. The molecular weight excluding hydrogens is 214 g/mol. The minimum Gasteiger partial charge on any atom is -0.392 e. The number of nitrogens with zero attached hydrogens (tertiary/aromatic N) is 2. The number of hydrogen-bond acceptors (Lipinski definition) is 3. The fourth-order valence-electron chi connectivity index (χ4n) is 1.84. The van der Waals surface area contributed by atoms with E-state index < -0.39 is 0 Å². The van der Waals surface area contributed by atoms with Crippen molar-refractivity contribution in [2.45, 2.75) is 19.6 Å². The minimum absolute atomic E-state index is 0.0809. The first-order valence-electron chi connectivity index (χ1n) is 5.65. The third kappa shape index (κ3) is 2.65. The maximum absolute atomic E-state index is 8.96. The Hall–Kier alpha value is -1.81. The number of hydrogen-bond donors (Lipinski definition) is 2. The number of anilines is 1. The molecular formula is C13H17N3O. The average molecular weight is 231 g/mol. The Morgan fingerprint density at radius 3 is 2.53 bits per heavy atom. The summed E-state index contributed by atoms with van der Waals surface area (Å²) in [7, 11) is 1.93. The van der Waals surface area contributed by atoms with E-state index in [1.54, 1.807) is 6.20 Å². The second-order valence-electron chi connectivity index (χ2n) is 4.10. The number of aliphatic hydroxyl groups excluding tert-OH is 1. The smallest absolute Gasteiger partial charge is 0.0681 e. The van der Waals surface area contributed by atoms with E-state index in [-0.39, 0.29) is 12.6 Å². The van der Waals surface area contributed by atoms with Gasteiger partial charge in [-0.15, -0.1) is 0 Å². The van der Waals surface area contributed by atoms with Crippen LogP contribution in [0.5, 0.6) is 0 Å². The first-order chi connectivity index (χ1) is 8.20. The highest BCUT2D eigenvalue weighted by molar-refractivity contribution is 5.46. The van der Waals surface area contributed by atoms with Gasteiger partial charge in [0.2, 0.25) is 0 Å². The molecule has 0 bridgehead atoms. The lowest BCUT2D eigenvalue weighted by Crippen LogP contribution is -2.11. The fourth-order valence-corrected chi connectivity index (χ4v) is 1.84. The van der Waals surface area contributed by atoms with Crippen molar-refractivity contribution in [3.8, 4) is 0 Å². The zero-order chi connectivity index (χ0) is 12.3. The Labute approximate surface area is 101 Å². The second kappa shape index (κ2) is 5.01. The number of rotatable bonds is 4. The van der Waals surface area contributed by atoms with E-state index in [0.717, 1.165) is 16.9 Å². The van der Waals surface area contributed by atoms with Gasteiger partial charge in [0.05, 0.1) is 18.3 Å². The molecule has 1 aromatic heterocycles. The van der Waals surface area contributed by atoms with Crippen LogP contribution < -0.4 is 5.32 Å². The van der Waals surface area contributed by atoms with Crippen LogP contribution in [-0.2, 0) is 13.7 Å². The summed E-state index contributed by atoms with van der Waals surface area (Å²) >= 11 is 0. The zero-order valence-corrected chi connectivity index (χ0v) is 10.1. The molecule has 0 spiro atoms. The largest absolute Gasteiger partial charge is 0.392 e. The third-order valence-corrected chi connectivity index (χ3v) is 2.82. The number of aliphatic hydroxyl groups is 1. The predicted molar refractivity (Wildman–Crippen MR) is 67.6 cm³/mol. The molecule has 17 heavy (non-hydrogen) atoms. The monoisotopic (exact) mass is 231 g/mol. The molecule has 0 saturated heterocycles. The fraction of sp³-hybridized carbons (Fsp3) is 0.308. The molecule has 0 aliphatic rings. The van der Waals surface area contributed by atoms with Crippen LogP contribution >= 0.6 is 0 Å². The Kier molecular flexibility index (Phi) is 3.44. The number of nitrogens with one attached hydrogen (secondary N) is 1. The molecule has 4 heteroatoms. The van der Waals surface area contributed by atoms with Gasteiger partial charge in [0, 0.05) is 18.9 Å². The summed E-state index contributed by atoms with van der Waals surface area (Å²) in [5.41, 5.74) is 3.09. The molecule has 0 saturated carbocycles. The van der Waals surface area contributed by atoms with E-state index in [1.807, 2.05) is 42.1 Å². The van der Waals surface area contributed by atoms with Gasteiger partial charge in [-0.1, -0.05) is 12.1 Å². The number of aromatic nitrogens is 2. The first kappa shape index (κ1) is 11.7. The molecule has 90 valence electrons. The van der Waals surface area contributed by atoms with Gasteiger partial charge in [0.15, 0.2) is 0 Å². The van der Waals surface area contributed by atoms with Gasteiger partial charge in [0.25, 0.3) is 0 Å². The Morgan fingerprint density at radius 1 is 1.29 bits per heavy atom. The van der Waals surface area contributed by atoms with E-state index in [9.17, 15) is 0 Å². The first-order valence-corrected chi connectivity index (χ1v) is 5.65. The van der Waals surface area contributed by atoms with Crippen molar-refractivity contribution in [2.75, 3.05) is 5.32 Å². The minimum atomic E-state index is 0.0809. The summed E-state index contributed by atoms with van der Waals surface area (Å²) in [6, 6.07) is 9.97. The summed E-state index contributed by atoms with van der Waals surface area (Å²) in [5.74, 6) is 0. The molecule has 1 atom stereocenters. The van der Waals surface area contributed by atoms with Crippen LogP contribution in [0.1, 0.15) is 24.2 Å².